The lowest BCUT2D eigenvalue weighted by Gasteiger charge is -2.02. The maximum atomic E-state index is 6.29. The predicted octanol–water partition coefficient (Wildman–Crippen LogP) is 4.16. The van der Waals surface area contributed by atoms with Gasteiger partial charge in [0.1, 0.15) is 0 Å². The lowest BCUT2D eigenvalue weighted by atomic mass is 10.2. The lowest BCUT2D eigenvalue weighted by molar-refractivity contribution is 0.931. The highest BCUT2D eigenvalue weighted by Gasteiger charge is 2.13. The summed E-state index contributed by atoms with van der Waals surface area (Å²) in [5.74, 6) is 0. The van der Waals surface area contributed by atoms with Crippen LogP contribution in [0.1, 0.15) is 5.69 Å². The first kappa shape index (κ1) is 15.1. The number of pyridine rings is 1. The van der Waals surface area contributed by atoms with E-state index in [1.54, 1.807) is 6.20 Å². The van der Waals surface area contributed by atoms with Crippen LogP contribution in [0.4, 0.5) is 5.13 Å². The number of aromatic nitrogens is 4. The van der Waals surface area contributed by atoms with Gasteiger partial charge in [-0.05, 0) is 18.2 Å². The third-order valence-corrected chi connectivity index (χ3v) is 4.83. The molecule has 0 aliphatic rings. The molecule has 3 aromatic heterocycles. The van der Waals surface area contributed by atoms with Crippen molar-refractivity contribution in [3.8, 4) is 11.3 Å². The van der Waals surface area contributed by atoms with Gasteiger partial charge < -0.3 is 5.32 Å². The highest BCUT2D eigenvalue weighted by molar-refractivity contribution is 7.20. The van der Waals surface area contributed by atoms with Gasteiger partial charge in [0.2, 0.25) is 10.1 Å². The molecule has 0 saturated carbocycles. The Morgan fingerprint density at radius 2 is 1.96 bits per heavy atom. The highest BCUT2D eigenvalue weighted by Crippen LogP contribution is 2.30. The predicted molar refractivity (Wildman–Crippen MR) is 97.7 cm³/mol. The molecule has 1 aromatic carbocycles. The molecule has 5 nitrogen and oxygen atoms in total. The van der Waals surface area contributed by atoms with Gasteiger partial charge in [-0.25, -0.2) is 9.50 Å². The molecule has 0 aliphatic heterocycles. The summed E-state index contributed by atoms with van der Waals surface area (Å²) in [6.45, 7) is 0.773. The van der Waals surface area contributed by atoms with Gasteiger partial charge in [-0.1, -0.05) is 47.2 Å². The van der Waals surface area contributed by atoms with E-state index in [9.17, 15) is 0 Å². The normalized spacial score (nSPS) is 11.0. The van der Waals surface area contributed by atoms with Crippen molar-refractivity contribution in [1.82, 2.24) is 19.6 Å². The van der Waals surface area contributed by atoms with Crippen molar-refractivity contribution >= 4 is 33.0 Å². The van der Waals surface area contributed by atoms with Crippen molar-refractivity contribution < 1.29 is 0 Å². The Hall–Kier alpha value is -2.44. The Kier molecular flexibility index (Phi) is 4.15. The summed E-state index contributed by atoms with van der Waals surface area (Å²) < 4.78 is 1.83. The van der Waals surface area contributed by atoms with Crippen molar-refractivity contribution in [3.63, 3.8) is 0 Å². The topological polar surface area (TPSA) is 55.1 Å². The molecule has 0 bridgehead atoms. The maximum absolute atomic E-state index is 6.29. The number of nitrogens with one attached hydrogen (secondary N) is 1. The summed E-state index contributed by atoms with van der Waals surface area (Å²) in [6.07, 6.45) is 4.46. The van der Waals surface area contributed by atoms with E-state index in [4.69, 9.17) is 11.6 Å². The molecule has 7 heteroatoms. The quantitative estimate of drug-likeness (QED) is 0.584. The minimum atomic E-state index is 0.692. The van der Waals surface area contributed by atoms with Gasteiger partial charge in [-0.2, -0.15) is 0 Å². The Bertz CT molecular complexity index is 963. The van der Waals surface area contributed by atoms with Gasteiger partial charge in [0, 0.05) is 30.4 Å². The molecule has 1 N–H and O–H groups in total. The summed E-state index contributed by atoms with van der Waals surface area (Å²) in [4.78, 5) is 9.59. The van der Waals surface area contributed by atoms with Crippen LogP contribution in [0.2, 0.25) is 5.02 Å². The molecule has 0 atom stereocenters. The van der Waals surface area contributed by atoms with Crippen LogP contribution in [0.15, 0.2) is 54.9 Å². The molecule has 0 amide bonds. The van der Waals surface area contributed by atoms with Crippen molar-refractivity contribution in [2.24, 2.45) is 0 Å². The monoisotopic (exact) mass is 355 g/mol. The van der Waals surface area contributed by atoms with Gasteiger partial charge in [0.15, 0.2) is 0 Å². The smallest absolute Gasteiger partial charge is 0.214 e. The number of imidazole rings is 1. The highest BCUT2D eigenvalue weighted by atomic mass is 35.5. The molecule has 0 fully saturated rings. The van der Waals surface area contributed by atoms with E-state index in [2.05, 4.69) is 20.4 Å². The van der Waals surface area contributed by atoms with Crippen molar-refractivity contribution in [2.45, 2.75) is 6.42 Å². The minimum Gasteiger partial charge on any atom is -0.360 e. The van der Waals surface area contributed by atoms with Gasteiger partial charge in [-0.3, -0.25) is 4.98 Å². The third kappa shape index (κ3) is 2.98. The summed E-state index contributed by atoms with van der Waals surface area (Å²) in [5, 5.41) is 9.47. The molecule has 24 heavy (non-hydrogen) atoms. The molecule has 4 rings (SSSR count). The van der Waals surface area contributed by atoms with Gasteiger partial charge >= 0.3 is 0 Å². The number of hydrogen-bond acceptors (Lipinski definition) is 5. The van der Waals surface area contributed by atoms with Crippen LogP contribution in [0, 0.1) is 0 Å². The summed E-state index contributed by atoms with van der Waals surface area (Å²) in [5.41, 5.74) is 2.88. The van der Waals surface area contributed by atoms with Gasteiger partial charge in [-0.15, -0.1) is 5.10 Å². The summed E-state index contributed by atoms with van der Waals surface area (Å²) in [6, 6.07) is 13.6. The van der Waals surface area contributed by atoms with Crippen molar-refractivity contribution in [1.29, 1.82) is 0 Å². The van der Waals surface area contributed by atoms with Crippen LogP contribution >= 0.6 is 22.9 Å². The van der Waals surface area contributed by atoms with Crippen LogP contribution in [0.25, 0.3) is 16.2 Å². The van der Waals surface area contributed by atoms with Crippen LogP contribution in [0.5, 0.6) is 0 Å². The molecule has 0 aliphatic carbocycles. The van der Waals surface area contributed by atoms with E-state index in [1.165, 1.54) is 11.3 Å². The van der Waals surface area contributed by atoms with E-state index >= 15 is 0 Å². The SMILES string of the molecule is Clc1ccccc1-c1cnc2sc(NCCc3ccccn3)nn12. The van der Waals surface area contributed by atoms with Crippen molar-refractivity contribution in [2.75, 3.05) is 11.9 Å². The van der Waals surface area contributed by atoms with E-state index < -0.39 is 0 Å². The fourth-order valence-corrected chi connectivity index (χ4v) is 3.49. The first-order valence-electron chi connectivity index (χ1n) is 7.54. The van der Waals surface area contributed by atoms with Crippen LogP contribution in [0.3, 0.4) is 0 Å². The molecular weight excluding hydrogens is 342 g/mol. The van der Waals surface area contributed by atoms with E-state index in [0.717, 1.165) is 40.0 Å². The standard InChI is InChI=1S/C17H14ClN5S/c18-14-7-2-1-6-13(14)15-11-21-17-23(15)22-16(24-17)20-10-8-12-5-3-4-9-19-12/h1-7,9,11H,8,10H2,(H,20,22). The number of anilines is 1. The molecule has 120 valence electrons. The Morgan fingerprint density at radius 3 is 2.79 bits per heavy atom. The maximum Gasteiger partial charge on any atom is 0.214 e. The Balaban J connectivity index is 1.53. The Morgan fingerprint density at radius 1 is 1.08 bits per heavy atom. The second-order valence-electron chi connectivity index (χ2n) is 5.22. The van der Waals surface area contributed by atoms with E-state index in [1.807, 2.05) is 53.2 Å². The number of rotatable bonds is 5. The number of benzene rings is 1. The number of hydrogen-bond donors (Lipinski definition) is 1. The second kappa shape index (κ2) is 6.59. The fraction of sp³-hybridized carbons (Fsp3) is 0.118. The summed E-state index contributed by atoms with van der Waals surface area (Å²) in [7, 11) is 0. The number of halogens is 1. The zero-order chi connectivity index (χ0) is 16.4. The Labute approximate surface area is 148 Å². The largest absolute Gasteiger partial charge is 0.360 e. The molecule has 0 radical (unpaired) electrons. The minimum absolute atomic E-state index is 0.692. The van der Waals surface area contributed by atoms with Crippen LogP contribution in [-0.4, -0.2) is 26.1 Å². The molecule has 0 unspecified atom stereocenters. The average molecular weight is 356 g/mol. The second-order valence-corrected chi connectivity index (χ2v) is 6.59. The average Bonchev–Trinajstić information content (AvgIpc) is 3.17. The van der Waals surface area contributed by atoms with E-state index in [0.29, 0.717) is 5.02 Å². The molecule has 0 saturated heterocycles. The lowest BCUT2D eigenvalue weighted by Crippen LogP contribution is -2.06. The van der Waals surface area contributed by atoms with Crippen LogP contribution in [-0.2, 0) is 6.42 Å². The third-order valence-electron chi connectivity index (χ3n) is 3.62. The first-order valence-corrected chi connectivity index (χ1v) is 8.74. The molecule has 4 aromatic rings. The van der Waals surface area contributed by atoms with Gasteiger partial charge in [0.25, 0.3) is 0 Å². The number of nitrogens with zero attached hydrogens (tertiary/aromatic N) is 4. The first-order chi connectivity index (χ1) is 11.8. The fourth-order valence-electron chi connectivity index (χ4n) is 2.46. The van der Waals surface area contributed by atoms with Crippen molar-refractivity contribution in [3.05, 3.63) is 65.6 Å². The molecule has 0 spiro atoms. The van der Waals surface area contributed by atoms with Gasteiger partial charge in [0.05, 0.1) is 16.9 Å². The van der Waals surface area contributed by atoms with Crippen LogP contribution < -0.4 is 5.32 Å². The zero-order valence-corrected chi connectivity index (χ0v) is 14.3. The molecule has 3 heterocycles. The molecular formula is C17H14ClN5S. The summed E-state index contributed by atoms with van der Waals surface area (Å²) >= 11 is 7.81. The zero-order valence-electron chi connectivity index (χ0n) is 12.7. The van der Waals surface area contributed by atoms with E-state index in [-0.39, 0.29) is 0 Å². The number of fused-ring (bicyclic) bond motifs is 1.